The normalized spacial score (nSPS) is 19.8. The van der Waals surface area contributed by atoms with Gasteiger partial charge in [-0.05, 0) is 38.0 Å². The molecule has 0 amide bonds. The minimum absolute atomic E-state index is 0.0409. The number of sulfonamides is 1. The number of benzene rings is 1. The second-order valence-corrected chi connectivity index (χ2v) is 7.39. The van der Waals surface area contributed by atoms with Crippen LogP contribution < -0.4 is 9.84 Å². The Morgan fingerprint density at radius 2 is 2.23 bits per heavy atom. The van der Waals surface area contributed by atoms with Crippen LogP contribution in [0.5, 0.6) is 5.75 Å². The van der Waals surface area contributed by atoms with Gasteiger partial charge in [-0.15, -0.1) is 0 Å². The summed E-state index contributed by atoms with van der Waals surface area (Å²) in [6.07, 6.45) is 0.893. The van der Waals surface area contributed by atoms with Gasteiger partial charge in [0, 0.05) is 30.0 Å². The minimum atomic E-state index is -3.87. The van der Waals surface area contributed by atoms with Gasteiger partial charge in [-0.2, -0.15) is 4.31 Å². The van der Waals surface area contributed by atoms with Gasteiger partial charge in [0.15, 0.2) is 0 Å². The topological polar surface area (TPSA) is 86.7 Å². The number of piperidine rings is 1. The molecule has 1 atom stereocenters. The summed E-state index contributed by atoms with van der Waals surface area (Å²) in [7, 11) is -3.87. The lowest BCUT2D eigenvalue weighted by Crippen LogP contribution is -2.46. The van der Waals surface area contributed by atoms with Gasteiger partial charge in [-0.3, -0.25) is 0 Å². The first-order valence-corrected chi connectivity index (χ1v) is 8.81. The third kappa shape index (κ3) is 3.53. The smallest absolute Gasteiger partial charge is 0.246 e. The first-order valence-electron chi connectivity index (χ1n) is 6.99. The van der Waals surface area contributed by atoms with Crippen molar-refractivity contribution in [2.45, 2.75) is 24.7 Å². The summed E-state index contributed by atoms with van der Waals surface area (Å²) in [6.45, 7) is 2.23. The van der Waals surface area contributed by atoms with Crippen molar-refractivity contribution in [2.24, 2.45) is 5.92 Å². The van der Waals surface area contributed by atoms with Gasteiger partial charge in [0.2, 0.25) is 10.0 Å². The lowest BCUT2D eigenvalue weighted by Gasteiger charge is -2.32. The van der Waals surface area contributed by atoms with Crippen LogP contribution in [0.25, 0.3) is 0 Å². The van der Waals surface area contributed by atoms with Crippen molar-refractivity contribution in [3.63, 3.8) is 0 Å². The molecule has 0 aliphatic carbocycles. The van der Waals surface area contributed by atoms with E-state index in [1.54, 1.807) is 13.0 Å². The Labute approximate surface area is 134 Å². The summed E-state index contributed by atoms with van der Waals surface area (Å²) >= 11 is 5.90. The van der Waals surface area contributed by atoms with E-state index in [0.29, 0.717) is 19.4 Å². The molecule has 1 aliphatic rings. The second-order valence-electron chi connectivity index (χ2n) is 5.05. The number of hydrogen-bond acceptors (Lipinski definition) is 5. The average molecular weight is 347 g/mol. The first kappa shape index (κ1) is 17.1. The van der Waals surface area contributed by atoms with E-state index in [4.69, 9.17) is 16.3 Å². The molecule has 1 fully saturated rings. The third-order valence-corrected chi connectivity index (χ3v) is 5.66. The van der Waals surface area contributed by atoms with Gasteiger partial charge in [-0.25, -0.2) is 8.42 Å². The molecule has 1 aromatic carbocycles. The third-order valence-electron chi connectivity index (χ3n) is 3.54. The van der Waals surface area contributed by atoms with Gasteiger partial charge >= 0.3 is 0 Å². The highest BCUT2D eigenvalue weighted by Gasteiger charge is 2.32. The minimum Gasteiger partial charge on any atom is -0.550 e. The van der Waals surface area contributed by atoms with Gasteiger partial charge in [0.05, 0.1) is 6.61 Å². The summed E-state index contributed by atoms with van der Waals surface area (Å²) in [5.74, 6) is -1.81. The zero-order valence-corrected chi connectivity index (χ0v) is 13.7. The molecule has 0 bridgehead atoms. The Kier molecular flexibility index (Phi) is 5.31. The zero-order valence-electron chi connectivity index (χ0n) is 12.1. The van der Waals surface area contributed by atoms with Gasteiger partial charge in [0.1, 0.15) is 10.6 Å². The van der Waals surface area contributed by atoms with Crippen LogP contribution in [0.1, 0.15) is 19.8 Å². The van der Waals surface area contributed by atoms with Crippen molar-refractivity contribution in [1.82, 2.24) is 4.31 Å². The molecule has 22 heavy (non-hydrogen) atoms. The monoisotopic (exact) mass is 346 g/mol. The van der Waals surface area contributed by atoms with Gasteiger partial charge < -0.3 is 14.6 Å². The first-order chi connectivity index (χ1) is 10.4. The summed E-state index contributed by atoms with van der Waals surface area (Å²) in [6, 6.07) is 4.37. The predicted octanol–water partition coefficient (Wildman–Crippen LogP) is 0.889. The molecule has 0 spiro atoms. The van der Waals surface area contributed by atoms with Crippen LogP contribution in [0.4, 0.5) is 0 Å². The lowest BCUT2D eigenvalue weighted by atomic mass is 10.0. The molecule has 0 unspecified atom stereocenters. The Balaban J connectivity index is 2.37. The Morgan fingerprint density at radius 1 is 1.50 bits per heavy atom. The van der Waals surface area contributed by atoms with Crippen molar-refractivity contribution in [3.05, 3.63) is 23.2 Å². The number of aliphatic carboxylic acids is 1. The maximum Gasteiger partial charge on any atom is 0.246 e. The van der Waals surface area contributed by atoms with E-state index in [1.807, 2.05) is 0 Å². The highest BCUT2D eigenvalue weighted by Crippen LogP contribution is 2.32. The average Bonchev–Trinajstić information content (AvgIpc) is 2.49. The summed E-state index contributed by atoms with van der Waals surface area (Å²) in [5.41, 5.74) is 0. The molecule has 1 heterocycles. The molecule has 1 aliphatic heterocycles. The van der Waals surface area contributed by atoms with Gasteiger partial charge in [-0.1, -0.05) is 11.6 Å². The van der Waals surface area contributed by atoms with Crippen molar-refractivity contribution in [2.75, 3.05) is 19.7 Å². The van der Waals surface area contributed by atoms with Crippen LogP contribution in [-0.4, -0.2) is 38.4 Å². The number of carbonyl (C=O) groups is 1. The summed E-state index contributed by atoms with van der Waals surface area (Å²) < 4.78 is 32.1. The molecule has 0 N–H and O–H groups in total. The second kappa shape index (κ2) is 6.85. The van der Waals surface area contributed by atoms with E-state index >= 15 is 0 Å². The fraction of sp³-hybridized carbons (Fsp3) is 0.500. The van der Waals surface area contributed by atoms with E-state index in [-0.39, 0.29) is 28.8 Å². The molecule has 1 saturated heterocycles. The number of ether oxygens (including phenoxy) is 1. The molecular weight excluding hydrogens is 330 g/mol. The van der Waals surface area contributed by atoms with E-state index in [0.717, 1.165) is 4.31 Å². The fourth-order valence-corrected chi connectivity index (χ4v) is 4.37. The Bertz CT molecular complexity index is 661. The van der Waals surface area contributed by atoms with E-state index in [2.05, 4.69) is 0 Å². The van der Waals surface area contributed by atoms with Crippen molar-refractivity contribution in [1.29, 1.82) is 0 Å². The van der Waals surface area contributed by atoms with Crippen LogP contribution in [0, 0.1) is 5.92 Å². The highest BCUT2D eigenvalue weighted by atomic mass is 35.5. The zero-order chi connectivity index (χ0) is 16.3. The van der Waals surface area contributed by atoms with Crippen LogP contribution >= 0.6 is 11.6 Å². The molecule has 0 aromatic heterocycles. The highest BCUT2D eigenvalue weighted by molar-refractivity contribution is 7.89. The van der Waals surface area contributed by atoms with Crippen LogP contribution in [0.3, 0.4) is 0 Å². The number of carboxylic acids is 1. The fourth-order valence-electron chi connectivity index (χ4n) is 2.45. The van der Waals surface area contributed by atoms with E-state index in [1.165, 1.54) is 12.1 Å². The van der Waals surface area contributed by atoms with Crippen molar-refractivity contribution < 1.29 is 23.1 Å². The van der Waals surface area contributed by atoms with Gasteiger partial charge in [0.25, 0.3) is 0 Å². The molecule has 2 rings (SSSR count). The maximum absolute atomic E-state index is 12.8. The maximum atomic E-state index is 12.8. The standard InChI is InChI=1S/C14H18ClNO5S/c1-2-21-12-6-5-11(15)8-13(12)22(19,20)16-7-3-4-10(9-16)14(17)18/h5-6,8,10H,2-4,7,9H2,1H3,(H,17,18)/p-1/t10-/m0/s1. The number of carboxylic acid groups (broad SMARTS) is 1. The SMILES string of the molecule is CCOc1ccc(Cl)cc1S(=O)(=O)N1CCC[C@H](C(=O)[O-])C1. The Hall–Kier alpha value is -1.31. The number of halogens is 1. The molecule has 122 valence electrons. The molecule has 1 aromatic rings. The quantitative estimate of drug-likeness (QED) is 0.790. The lowest BCUT2D eigenvalue weighted by molar-refractivity contribution is -0.312. The number of hydrogen-bond donors (Lipinski definition) is 0. The molecule has 0 radical (unpaired) electrons. The van der Waals surface area contributed by atoms with Crippen molar-refractivity contribution >= 4 is 27.6 Å². The number of nitrogens with zero attached hydrogens (tertiary/aromatic N) is 1. The summed E-state index contributed by atoms with van der Waals surface area (Å²) in [4.78, 5) is 11.0. The van der Waals surface area contributed by atoms with Crippen LogP contribution in [-0.2, 0) is 14.8 Å². The molecule has 0 saturated carbocycles. The van der Waals surface area contributed by atoms with E-state index in [9.17, 15) is 18.3 Å². The molecule has 8 heteroatoms. The predicted molar refractivity (Wildman–Crippen MR) is 79.1 cm³/mol. The number of rotatable bonds is 5. The Morgan fingerprint density at radius 3 is 2.86 bits per heavy atom. The molecule has 6 nitrogen and oxygen atoms in total. The van der Waals surface area contributed by atoms with Crippen molar-refractivity contribution in [3.8, 4) is 5.75 Å². The van der Waals surface area contributed by atoms with Crippen LogP contribution in [0.2, 0.25) is 5.02 Å². The number of carbonyl (C=O) groups excluding carboxylic acids is 1. The van der Waals surface area contributed by atoms with E-state index < -0.39 is 21.9 Å². The van der Waals surface area contributed by atoms with Crippen LogP contribution in [0.15, 0.2) is 23.1 Å². The summed E-state index contributed by atoms with van der Waals surface area (Å²) in [5, 5.41) is 11.3. The largest absolute Gasteiger partial charge is 0.550 e. The molecular formula is C14H17ClNO5S-.